The summed E-state index contributed by atoms with van der Waals surface area (Å²) in [6, 6.07) is 11.8. The molecule has 0 aliphatic carbocycles. The van der Waals surface area contributed by atoms with E-state index in [1.165, 1.54) is 10.4 Å². The van der Waals surface area contributed by atoms with Gasteiger partial charge in [-0.1, -0.05) is 42.0 Å². The molecule has 25 heavy (non-hydrogen) atoms. The Morgan fingerprint density at radius 3 is 2.36 bits per heavy atom. The zero-order chi connectivity index (χ0) is 18.4. The van der Waals surface area contributed by atoms with Gasteiger partial charge in [0.05, 0.1) is 11.5 Å². The van der Waals surface area contributed by atoms with Crippen LogP contribution >= 0.6 is 0 Å². The summed E-state index contributed by atoms with van der Waals surface area (Å²) in [5.41, 5.74) is 2.01. The van der Waals surface area contributed by atoms with Gasteiger partial charge in [0.1, 0.15) is 5.75 Å². The summed E-state index contributed by atoms with van der Waals surface area (Å²) >= 11 is 0. The molecule has 0 saturated carbocycles. The normalized spacial score (nSPS) is 11.6. The van der Waals surface area contributed by atoms with Crippen LogP contribution in [0.5, 0.6) is 5.75 Å². The molecule has 2 rings (SSSR count). The number of sulfonamides is 1. The van der Waals surface area contributed by atoms with Gasteiger partial charge in [0, 0.05) is 18.7 Å². The SMILES string of the molecule is C=CCN(CCc1cccc(CO)c1O)S(=O)(=O)c1ccc(C)cc1. The summed E-state index contributed by atoms with van der Waals surface area (Å²) in [7, 11) is -3.65. The molecule has 0 saturated heterocycles. The maximum Gasteiger partial charge on any atom is 0.243 e. The second kappa shape index (κ2) is 8.29. The maximum atomic E-state index is 12.8. The van der Waals surface area contributed by atoms with Gasteiger partial charge in [-0.05, 0) is 31.0 Å². The third-order valence-corrected chi connectivity index (χ3v) is 5.87. The molecule has 2 N–H and O–H groups in total. The lowest BCUT2D eigenvalue weighted by molar-refractivity contribution is 0.275. The molecule has 0 amide bonds. The Kier molecular flexibility index (Phi) is 6.36. The number of benzene rings is 2. The van der Waals surface area contributed by atoms with Gasteiger partial charge in [0.2, 0.25) is 10.0 Å². The van der Waals surface area contributed by atoms with Crippen LogP contribution in [0.1, 0.15) is 16.7 Å². The van der Waals surface area contributed by atoms with Crippen molar-refractivity contribution in [3.8, 4) is 5.75 Å². The van der Waals surface area contributed by atoms with Crippen LogP contribution in [0, 0.1) is 6.92 Å². The average Bonchev–Trinajstić information content (AvgIpc) is 2.60. The quantitative estimate of drug-likeness (QED) is 0.709. The van der Waals surface area contributed by atoms with Crippen molar-refractivity contribution in [3.63, 3.8) is 0 Å². The lowest BCUT2D eigenvalue weighted by atomic mass is 10.1. The number of phenols is 1. The van der Waals surface area contributed by atoms with E-state index in [-0.39, 0.29) is 30.3 Å². The number of hydrogen-bond acceptors (Lipinski definition) is 4. The molecule has 0 spiro atoms. The molecule has 0 unspecified atom stereocenters. The number of aryl methyl sites for hydroxylation is 1. The molecule has 0 aromatic heterocycles. The van der Waals surface area contributed by atoms with Gasteiger partial charge in [-0.15, -0.1) is 6.58 Å². The molecule has 6 heteroatoms. The topological polar surface area (TPSA) is 77.8 Å². The first-order valence-corrected chi connectivity index (χ1v) is 9.42. The fourth-order valence-corrected chi connectivity index (χ4v) is 3.94. The number of aliphatic hydroxyl groups excluding tert-OH is 1. The lowest BCUT2D eigenvalue weighted by Crippen LogP contribution is -2.33. The molecule has 0 atom stereocenters. The largest absolute Gasteiger partial charge is 0.507 e. The van der Waals surface area contributed by atoms with Gasteiger partial charge >= 0.3 is 0 Å². The first-order valence-electron chi connectivity index (χ1n) is 7.98. The highest BCUT2D eigenvalue weighted by atomic mass is 32.2. The van der Waals surface area contributed by atoms with Gasteiger partial charge in [-0.25, -0.2) is 8.42 Å². The van der Waals surface area contributed by atoms with Crippen LogP contribution in [-0.4, -0.2) is 36.0 Å². The number of aliphatic hydroxyl groups is 1. The van der Waals surface area contributed by atoms with Gasteiger partial charge in [0.25, 0.3) is 0 Å². The number of para-hydroxylation sites is 1. The Labute approximate surface area is 148 Å². The van der Waals surface area contributed by atoms with Crippen molar-refractivity contribution >= 4 is 10.0 Å². The van der Waals surface area contributed by atoms with Crippen LogP contribution < -0.4 is 0 Å². The van der Waals surface area contributed by atoms with Crippen molar-refractivity contribution in [2.45, 2.75) is 24.8 Å². The molecule has 5 nitrogen and oxygen atoms in total. The van der Waals surface area contributed by atoms with E-state index in [9.17, 15) is 18.6 Å². The van der Waals surface area contributed by atoms with Crippen molar-refractivity contribution in [1.82, 2.24) is 4.31 Å². The first-order chi connectivity index (χ1) is 11.9. The Balaban J connectivity index is 2.24. The standard InChI is InChI=1S/C19H23NO4S/c1-3-12-20(25(23,24)18-9-7-15(2)8-10-18)13-11-16-5-4-6-17(14-21)19(16)22/h3-10,21-22H,1,11-14H2,2H3. The molecule has 0 radical (unpaired) electrons. The highest BCUT2D eigenvalue weighted by Crippen LogP contribution is 2.24. The van der Waals surface area contributed by atoms with E-state index in [1.807, 2.05) is 6.92 Å². The third kappa shape index (κ3) is 4.48. The summed E-state index contributed by atoms with van der Waals surface area (Å²) in [6.07, 6.45) is 1.87. The smallest absolute Gasteiger partial charge is 0.243 e. The predicted molar refractivity (Wildman–Crippen MR) is 97.9 cm³/mol. The number of hydrogen-bond donors (Lipinski definition) is 2. The fraction of sp³-hybridized carbons (Fsp3) is 0.263. The van der Waals surface area contributed by atoms with Crippen LogP contribution in [0.15, 0.2) is 60.0 Å². The van der Waals surface area contributed by atoms with Crippen LogP contribution in [0.4, 0.5) is 0 Å². The van der Waals surface area contributed by atoms with Gasteiger partial charge in [-0.3, -0.25) is 0 Å². The highest BCUT2D eigenvalue weighted by Gasteiger charge is 2.23. The minimum Gasteiger partial charge on any atom is -0.507 e. The Morgan fingerprint density at radius 1 is 1.12 bits per heavy atom. The van der Waals surface area contributed by atoms with E-state index in [0.29, 0.717) is 17.5 Å². The van der Waals surface area contributed by atoms with Crippen molar-refractivity contribution in [3.05, 3.63) is 71.8 Å². The van der Waals surface area contributed by atoms with Gasteiger partial charge < -0.3 is 10.2 Å². The van der Waals surface area contributed by atoms with Crippen LogP contribution in [0.3, 0.4) is 0 Å². The van der Waals surface area contributed by atoms with Crippen molar-refractivity contribution in [2.24, 2.45) is 0 Å². The summed E-state index contributed by atoms with van der Waals surface area (Å²) in [5.74, 6) is 0.0105. The second-order valence-electron chi connectivity index (χ2n) is 5.80. The minimum absolute atomic E-state index is 0.0105. The molecule has 0 aliphatic rings. The summed E-state index contributed by atoms with van der Waals surface area (Å²) in [4.78, 5) is 0.230. The number of nitrogens with zero attached hydrogens (tertiary/aromatic N) is 1. The molecule has 0 bridgehead atoms. The van der Waals surface area contributed by atoms with Crippen molar-refractivity contribution in [2.75, 3.05) is 13.1 Å². The molecule has 0 aliphatic heterocycles. The summed E-state index contributed by atoms with van der Waals surface area (Å²) in [6.45, 7) is 5.64. The van der Waals surface area contributed by atoms with E-state index in [1.54, 1.807) is 42.5 Å². The van der Waals surface area contributed by atoms with Gasteiger partial charge in [0.15, 0.2) is 0 Å². The molecule has 2 aromatic rings. The summed E-state index contributed by atoms with van der Waals surface area (Å²) < 4.78 is 27.0. The van der Waals surface area contributed by atoms with E-state index in [2.05, 4.69) is 6.58 Å². The molecule has 2 aromatic carbocycles. The van der Waals surface area contributed by atoms with Crippen LogP contribution in [-0.2, 0) is 23.1 Å². The van der Waals surface area contributed by atoms with Gasteiger partial charge in [-0.2, -0.15) is 4.31 Å². The second-order valence-corrected chi connectivity index (χ2v) is 7.74. The van der Waals surface area contributed by atoms with E-state index in [0.717, 1.165) is 5.56 Å². The number of aromatic hydroxyl groups is 1. The Hall–Kier alpha value is -2.15. The average molecular weight is 361 g/mol. The van der Waals surface area contributed by atoms with Crippen LogP contribution in [0.2, 0.25) is 0 Å². The zero-order valence-corrected chi connectivity index (χ0v) is 15.0. The van der Waals surface area contributed by atoms with E-state index >= 15 is 0 Å². The molecular weight excluding hydrogens is 338 g/mol. The first kappa shape index (κ1) is 19.2. The monoisotopic (exact) mass is 361 g/mol. The fourth-order valence-electron chi connectivity index (χ4n) is 2.53. The predicted octanol–water partition coefficient (Wildman–Crippen LogP) is 2.61. The number of rotatable bonds is 8. The van der Waals surface area contributed by atoms with Crippen molar-refractivity contribution in [1.29, 1.82) is 0 Å². The molecular formula is C19H23NO4S. The van der Waals surface area contributed by atoms with E-state index < -0.39 is 10.0 Å². The highest BCUT2D eigenvalue weighted by molar-refractivity contribution is 7.89. The molecule has 0 fully saturated rings. The Morgan fingerprint density at radius 2 is 1.76 bits per heavy atom. The van der Waals surface area contributed by atoms with Crippen LogP contribution in [0.25, 0.3) is 0 Å². The minimum atomic E-state index is -3.65. The van der Waals surface area contributed by atoms with E-state index in [4.69, 9.17) is 0 Å². The van der Waals surface area contributed by atoms with Crippen molar-refractivity contribution < 1.29 is 18.6 Å². The maximum absolute atomic E-state index is 12.8. The summed E-state index contributed by atoms with van der Waals surface area (Å²) in [5, 5.41) is 19.4. The zero-order valence-electron chi connectivity index (χ0n) is 14.2. The third-order valence-electron chi connectivity index (χ3n) is 4.00. The molecule has 0 heterocycles. The molecule has 134 valence electrons. The lowest BCUT2D eigenvalue weighted by Gasteiger charge is -2.21. The Bertz CT molecular complexity index is 829.